The van der Waals surface area contributed by atoms with Crippen molar-refractivity contribution in [1.82, 2.24) is 0 Å². The molecule has 1 aromatic carbocycles. The molecule has 1 aromatic rings. The van der Waals surface area contributed by atoms with Crippen molar-refractivity contribution in [3.63, 3.8) is 0 Å². The zero-order valence-electron chi connectivity index (χ0n) is 7.64. The van der Waals surface area contributed by atoms with Crippen molar-refractivity contribution in [2.24, 2.45) is 0 Å². The fourth-order valence-corrected chi connectivity index (χ4v) is 0.862. The zero-order chi connectivity index (χ0) is 9.19. The van der Waals surface area contributed by atoms with Crippen LogP contribution in [-0.4, -0.2) is 28.9 Å². The minimum absolute atomic E-state index is 0. The Morgan fingerprint density at radius 2 is 1.54 bits per heavy atom. The number of ether oxygens (including phenoxy) is 1. The molecule has 0 aliphatic rings. The molecule has 0 unspecified atom stereocenters. The van der Waals surface area contributed by atoms with E-state index in [9.17, 15) is 0 Å². The van der Waals surface area contributed by atoms with Crippen molar-refractivity contribution in [3.05, 3.63) is 24.3 Å². The fraction of sp³-hybridized carbons (Fsp3) is 0.143. The van der Waals surface area contributed by atoms with Gasteiger partial charge in [-0.1, -0.05) is 12.1 Å². The summed E-state index contributed by atoms with van der Waals surface area (Å²) in [5.74, 6) is 0.596. The summed E-state index contributed by atoms with van der Waals surface area (Å²) in [6.45, 7) is -3.38. The summed E-state index contributed by atoms with van der Waals surface area (Å²) in [5.41, 5.74) is 0.0656. The van der Waals surface area contributed by atoms with Crippen molar-refractivity contribution in [2.45, 2.75) is 0 Å². The number of hydrogen-bond acceptors (Lipinski definition) is 4. The Bertz CT molecular complexity index is 256. The molecular weight excluding hydrogens is 182 g/mol. The van der Waals surface area contributed by atoms with Gasteiger partial charge in [0.05, 0.1) is 7.11 Å². The van der Waals surface area contributed by atoms with E-state index in [4.69, 9.17) is 19.8 Å². The average Bonchev–Trinajstić information content (AvgIpc) is 2.03. The summed E-state index contributed by atoms with van der Waals surface area (Å²) in [6, 6.07) is 5.85. The normalized spacial score (nSPS) is 10.5. The standard InChI is InChI=1S/C7H10BO4.Na/c1-12-7-4-2-6(3-5-7)8(9,10)11;/h2-5,9-11H,1H3;/q-1;+1. The van der Waals surface area contributed by atoms with Crippen molar-refractivity contribution >= 4 is 12.2 Å². The molecule has 66 valence electrons. The molecule has 0 bridgehead atoms. The van der Waals surface area contributed by atoms with Crippen LogP contribution in [0, 0.1) is 0 Å². The molecule has 0 spiro atoms. The number of benzene rings is 1. The number of rotatable bonds is 2. The molecule has 0 aliphatic heterocycles. The van der Waals surface area contributed by atoms with E-state index >= 15 is 0 Å². The van der Waals surface area contributed by atoms with E-state index in [-0.39, 0.29) is 35.0 Å². The van der Waals surface area contributed by atoms with Crippen LogP contribution < -0.4 is 39.8 Å². The summed E-state index contributed by atoms with van der Waals surface area (Å²) < 4.78 is 4.84. The SMILES string of the molecule is COc1ccc([B-](O)(O)O)cc1.[Na+]. The van der Waals surface area contributed by atoms with Gasteiger partial charge in [0.15, 0.2) is 0 Å². The van der Waals surface area contributed by atoms with Gasteiger partial charge >= 0.3 is 36.3 Å². The maximum atomic E-state index is 8.79. The van der Waals surface area contributed by atoms with Gasteiger partial charge in [0, 0.05) is 0 Å². The first kappa shape index (κ1) is 13.0. The molecule has 3 N–H and O–H groups in total. The number of methoxy groups -OCH3 is 1. The van der Waals surface area contributed by atoms with Gasteiger partial charge in [-0.25, -0.2) is 0 Å². The Kier molecular flexibility index (Phi) is 4.98. The predicted molar refractivity (Wildman–Crippen MR) is 45.0 cm³/mol. The zero-order valence-corrected chi connectivity index (χ0v) is 9.64. The third kappa shape index (κ3) is 3.68. The fourth-order valence-electron chi connectivity index (χ4n) is 0.862. The Labute approximate surface area is 98.5 Å². The van der Waals surface area contributed by atoms with Crippen LogP contribution in [0.15, 0.2) is 24.3 Å². The van der Waals surface area contributed by atoms with Crippen molar-refractivity contribution in [3.8, 4) is 5.75 Å². The molecule has 0 amide bonds. The molecule has 6 heteroatoms. The Morgan fingerprint density at radius 3 is 1.85 bits per heavy atom. The second-order valence-corrected chi connectivity index (χ2v) is 2.51. The first-order valence-corrected chi connectivity index (χ1v) is 3.50. The van der Waals surface area contributed by atoms with E-state index in [1.165, 1.54) is 31.4 Å². The summed E-state index contributed by atoms with van der Waals surface area (Å²) in [6.07, 6.45) is 0. The minimum atomic E-state index is -3.38. The van der Waals surface area contributed by atoms with E-state index in [1.54, 1.807) is 0 Å². The quantitative estimate of drug-likeness (QED) is 0.416. The van der Waals surface area contributed by atoms with Gasteiger partial charge in [-0.15, -0.1) is 5.46 Å². The summed E-state index contributed by atoms with van der Waals surface area (Å²) in [4.78, 5) is 0. The van der Waals surface area contributed by atoms with Gasteiger partial charge in [0.25, 0.3) is 0 Å². The molecule has 0 radical (unpaired) electrons. The largest absolute Gasteiger partial charge is 1.00 e. The molecule has 1 rings (SSSR count). The van der Waals surface area contributed by atoms with Gasteiger partial charge < -0.3 is 19.8 Å². The third-order valence-electron chi connectivity index (χ3n) is 1.56. The summed E-state index contributed by atoms with van der Waals surface area (Å²) in [7, 11) is 1.50. The van der Waals surface area contributed by atoms with Crippen LogP contribution in [0.2, 0.25) is 0 Å². The maximum absolute atomic E-state index is 8.79. The molecular formula is C7H10BNaO4. The molecule has 0 saturated carbocycles. The second kappa shape index (κ2) is 5.00. The molecule has 0 aliphatic carbocycles. The van der Waals surface area contributed by atoms with Crippen LogP contribution in [-0.2, 0) is 0 Å². The minimum Gasteiger partial charge on any atom is -0.556 e. The summed E-state index contributed by atoms with van der Waals surface area (Å²) >= 11 is 0. The van der Waals surface area contributed by atoms with Gasteiger partial charge in [-0.05, 0) is 12.1 Å². The number of hydrogen-bond donors (Lipinski definition) is 3. The molecule has 0 fully saturated rings. The van der Waals surface area contributed by atoms with E-state index < -0.39 is 6.75 Å². The molecule has 0 saturated heterocycles. The average molecular weight is 192 g/mol. The first-order valence-electron chi connectivity index (χ1n) is 3.50. The van der Waals surface area contributed by atoms with Crippen LogP contribution >= 0.6 is 0 Å². The van der Waals surface area contributed by atoms with Gasteiger partial charge in [-0.2, -0.15) is 0 Å². The van der Waals surface area contributed by atoms with Gasteiger partial charge in [-0.3, -0.25) is 0 Å². The molecule has 0 aromatic heterocycles. The van der Waals surface area contributed by atoms with Crippen molar-refractivity contribution in [1.29, 1.82) is 0 Å². The summed E-state index contributed by atoms with van der Waals surface area (Å²) in [5, 5.41) is 26.4. The van der Waals surface area contributed by atoms with Gasteiger partial charge in [0.1, 0.15) is 5.75 Å². The predicted octanol–water partition coefficient (Wildman–Crippen LogP) is -4.18. The Hall–Kier alpha value is -0.0351. The van der Waals surface area contributed by atoms with E-state index in [0.717, 1.165) is 0 Å². The topological polar surface area (TPSA) is 69.9 Å². The monoisotopic (exact) mass is 192 g/mol. The van der Waals surface area contributed by atoms with Crippen LogP contribution in [0.1, 0.15) is 0 Å². The van der Waals surface area contributed by atoms with E-state index in [1.807, 2.05) is 0 Å². The molecule has 4 nitrogen and oxygen atoms in total. The van der Waals surface area contributed by atoms with Crippen LogP contribution in [0.5, 0.6) is 5.75 Å². The van der Waals surface area contributed by atoms with Crippen molar-refractivity contribution < 1.29 is 49.4 Å². The van der Waals surface area contributed by atoms with E-state index in [0.29, 0.717) is 5.75 Å². The molecule has 0 atom stereocenters. The Morgan fingerprint density at radius 1 is 1.08 bits per heavy atom. The molecule has 0 heterocycles. The second-order valence-electron chi connectivity index (χ2n) is 2.51. The van der Waals surface area contributed by atoms with Crippen LogP contribution in [0.4, 0.5) is 0 Å². The molecule has 13 heavy (non-hydrogen) atoms. The van der Waals surface area contributed by atoms with E-state index in [2.05, 4.69) is 0 Å². The maximum Gasteiger partial charge on any atom is 1.00 e. The third-order valence-corrected chi connectivity index (χ3v) is 1.56. The Balaban J connectivity index is 0.00000144. The van der Waals surface area contributed by atoms with Crippen LogP contribution in [0.3, 0.4) is 0 Å². The van der Waals surface area contributed by atoms with Gasteiger partial charge in [0.2, 0.25) is 0 Å². The van der Waals surface area contributed by atoms with Crippen LogP contribution in [0.25, 0.3) is 0 Å². The first-order chi connectivity index (χ1) is 5.54. The smallest absolute Gasteiger partial charge is 0.556 e. The van der Waals surface area contributed by atoms with Crippen molar-refractivity contribution in [2.75, 3.05) is 7.11 Å².